The second-order valence-corrected chi connectivity index (χ2v) is 3.72. The van der Waals surface area contributed by atoms with Crippen LogP contribution in [0.1, 0.15) is 12.7 Å². The molecule has 0 saturated heterocycles. The van der Waals surface area contributed by atoms with Crippen molar-refractivity contribution in [1.82, 2.24) is 9.55 Å². The first-order valence-electron chi connectivity index (χ1n) is 3.87. The third-order valence-corrected chi connectivity index (χ3v) is 2.70. The molecule has 0 N–H and O–H groups in total. The lowest BCUT2D eigenvalue weighted by atomic mass is 10.1. The van der Waals surface area contributed by atoms with E-state index in [1.165, 1.54) is 0 Å². The van der Waals surface area contributed by atoms with Crippen LogP contribution in [0, 0.1) is 5.92 Å². The minimum atomic E-state index is 0.448. The minimum Gasteiger partial charge on any atom is -0.322 e. The maximum Gasteiger partial charge on any atom is 0.128 e. The number of hydrogen-bond donors (Lipinski definition) is 0. The molecule has 1 atom stereocenters. The van der Waals surface area contributed by atoms with Gasteiger partial charge in [0, 0.05) is 19.3 Å². The zero-order valence-corrected chi connectivity index (χ0v) is 8.73. The number of hydrogen-bond acceptors (Lipinski definition) is 1. The number of rotatable bonds is 3. The van der Waals surface area contributed by atoms with Crippen LogP contribution in [0.4, 0.5) is 0 Å². The molecule has 4 heteroatoms. The number of halogens is 2. The highest BCUT2D eigenvalue weighted by molar-refractivity contribution is 6.29. The van der Waals surface area contributed by atoms with Crippen molar-refractivity contribution in [2.45, 2.75) is 13.3 Å². The quantitative estimate of drug-likeness (QED) is 0.696. The van der Waals surface area contributed by atoms with E-state index < -0.39 is 0 Å². The predicted octanol–water partition coefficient (Wildman–Crippen LogP) is 2.49. The maximum absolute atomic E-state index is 5.82. The van der Waals surface area contributed by atoms with E-state index in [4.69, 9.17) is 23.2 Å². The van der Waals surface area contributed by atoms with Crippen molar-refractivity contribution >= 4 is 23.2 Å². The molecule has 1 aromatic rings. The van der Waals surface area contributed by atoms with Crippen molar-refractivity contribution in [3.63, 3.8) is 0 Å². The Morgan fingerprint density at radius 3 is 2.75 bits per heavy atom. The Labute approximate surface area is 82.5 Å². The molecule has 0 saturated carbocycles. The summed E-state index contributed by atoms with van der Waals surface area (Å²) in [7, 11) is 1.91. The first-order valence-corrected chi connectivity index (χ1v) is 4.78. The van der Waals surface area contributed by atoms with Gasteiger partial charge >= 0.3 is 0 Å². The van der Waals surface area contributed by atoms with Gasteiger partial charge in [-0.25, -0.2) is 4.98 Å². The molecule has 0 radical (unpaired) electrons. The van der Waals surface area contributed by atoms with Crippen LogP contribution in [0.25, 0.3) is 0 Å². The standard InChI is InChI=1S/C8H12Cl2N2/c1-6(4-9)3-8-11-5-7(10)12(8)2/h5-6H,3-4H2,1-2H3. The SMILES string of the molecule is CC(CCl)Cc1ncc(Cl)n1C. The third kappa shape index (κ3) is 2.14. The van der Waals surface area contributed by atoms with E-state index >= 15 is 0 Å². The van der Waals surface area contributed by atoms with Gasteiger partial charge in [0.25, 0.3) is 0 Å². The average Bonchev–Trinajstić information content (AvgIpc) is 2.36. The Balaban J connectivity index is 2.69. The Morgan fingerprint density at radius 2 is 2.33 bits per heavy atom. The zero-order chi connectivity index (χ0) is 9.14. The molecular weight excluding hydrogens is 195 g/mol. The fraction of sp³-hybridized carbons (Fsp3) is 0.625. The van der Waals surface area contributed by atoms with E-state index in [-0.39, 0.29) is 0 Å². The fourth-order valence-corrected chi connectivity index (χ4v) is 1.24. The van der Waals surface area contributed by atoms with Crippen LogP contribution in [0.15, 0.2) is 6.20 Å². The number of alkyl halides is 1. The summed E-state index contributed by atoms with van der Waals surface area (Å²) in [6.07, 6.45) is 2.55. The maximum atomic E-state index is 5.82. The number of aromatic nitrogens is 2. The normalized spacial score (nSPS) is 13.3. The molecule has 1 unspecified atom stereocenters. The van der Waals surface area contributed by atoms with Gasteiger partial charge in [0.1, 0.15) is 11.0 Å². The summed E-state index contributed by atoms with van der Waals surface area (Å²) >= 11 is 11.5. The molecule has 2 nitrogen and oxygen atoms in total. The first kappa shape index (κ1) is 9.87. The molecule has 0 aromatic carbocycles. The molecule has 0 amide bonds. The summed E-state index contributed by atoms with van der Waals surface area (Å²) in [5.41, 5.74) is 0. The van der Waals surface area contributed by atoms with E-state index in [2.05, 4.69) is 11.9 Å². The number of imidazole rings is 1. The molecule has 1 aromatic heterocycles. The fourth-order valence-electron chi connectivity index (χ4n) is 0.980. The molecule has 1 rings (SSSR count). The van der Waals surface area contributed by atoms with Gasteiger partial charge in [-0.15, -0.1) is 11.6 Å². The third-order valence-electron chi connectivity index (χ3n) is 1.82. The topological polar surface area (TPSA) is 17.8 Å². The minimum absolute atomic E-state index is 0.448. The second kappa shape index (κ2) is 4.15. The molecule has 0 aliphatic heterocycles. The largest absolute Gasteiger partial charge is 0.322 e. The monoisotopic (exact) mass is 206 g/mol. The summed E-state index contributed by atoms with van der Waals surface area (Å²) in [6.45, 7) is 2.09. The molecule has 0 aliphatic rings. The van der Waals surface area contributed by atoms with Crippen molar-refractivity contribution in [2.75, 3.05) is 5.88 Å². The summed E-state index contributed by atoms with van der Waals surface area (Å²) in [5.74, 6) is 2.10. The highest BCUT2D eigenvalue weighted by atomic mass is 35.5. The van der Waals surface area contributed by atoms with Crippen LogP contribution < -0.4 is 0 Å². The summed E-state index contributed by atoms with van der Waals surface area (Å²) in [6, 6.07) is 0. The van der Waals surface area contributed by atoms with Crippen LogP contribution in [0.5, 0.6) is 0 Å². The summed E-state index contributed by atoms with van der Waals surface area (Å²) < 4.78 is 1.88. The Hall–Kier alpha value is -0.210. The van der Waals surface area contributed by atoms with Gasteiger partial charge in [0.2, 0.25) is 0 Å². The van der Waals surface area contributed by atoms with Gasteiger partial charge in [0.05, 0.1) is 6.20 Å². The molecule has 68 valence electrons. The lowest BCUT2D eigenvalue weighted by Crippen LogP contribution is -2.06. The Kier molecular flexibility index (Phi) is 3.41. The highest BCUT2D eigenvalue weighted by Gasteiger charge is 2.08. The average molecular weight is 207 g/mol. The van der Waals surface area contributed by atoms with E-state index in [0.717, 1.165) is 12.2 Å². The Morgan fingerprint density at radius 1 is 1.67 bits per heavy atom. The molecule has 0 fully saturated rings. The first-order chi connectivity index (χ1) is 5.65. The Bertz CT molecular complexity index is 258. The van der Waals surface area contributed by atoms with Crippen LogP contribution >= 0.6 is 23.2 Å². The summed E-state index contributed by atoms with van der Waals surface area (Å²) in [5, 5.41) is 0.673. The highest BCUT2D eigenvalue weighted by Crippen LogP contribution is 2.13. The van der Waals surface area contributed by atoms with E-state index in [1.807, 2.05) is 11.6 Å². The molecular formula is C8H12Cl2N2. The molecule has 12 heavy (non-hydrogen) atoms. The number of nitrogens with zero attached hydrogens (tertiary/aromatic N) is 2. The summed E-state index contributed by atoms with van der Waals surface area (Å²) in [4.78, 5) is 4.18. The smallest absolute Gasteiger partial charge is 0.128 e. The van der Waals surface area contributed by atoms with Crippen LogP contribution in [-0.2, 0) is 13.5 Å². The van der Waals surface area contributed by atoms with E-state index in [1.54, 1.807) is 6.20 Å². The molecule has 0 bridgehead atoms. The van der Waals surface area contributed by atoms with Gasteiger partial charge in [-0.05, 0) is 5.92 Å². The lowest BCUT2D eigenvalue weighted by molar-refractivity contribution is 0.608. The van der Waals surface area contributed by atoms with Gasteiger partial charge < -0.3 is 4.57 Å². The van der Waals surface area contributed by atoms with Crippen molar-refractivity contribution in [3.05, 3.63) is 17.2 Å². The predicted molar refractivity (Wildman–Crippen MR) is 51.8 cm³/mol. The van der Waals surface area contributed by atoms with Gasteiger partial charge in [0.15, 0.2) is 0 Å². The van der Waals surface area contributed by atoms with Crippen LogP contribution in [-0.4, -0.2) is 15.4 Å². The van der Waals surface area contributed by atoms with Crippen molar-refractivity contribution < 1.29 is 0 Å². The van der Waals surface area contributed by atoms with Crippen LogP contribution in [0.2, 0.25) is 5.15 Å². The van der Waals surface area contributed by atoms with Crippen molar-refractivity contribution in [1.29, 1.82) is 0 Å². The zero-order valence-electron chi connectivity index (χ0n) is 7.22. The van der Waals surface area contributed by atoms with Crippen LogP contribution in [0.3, 0.4) is 0 Å². The second-order valence-electron chi connectivity index (χ2n) is 3.02. The van der Waals surface area contributed by atoms with Gasteiger partial charge in [-0.2, -0.15) is 0 Å². The molecule has 0 spiro atoms. The van der Waals surface area contributed by atoms with Crippen molar-refractivity contribution in [3.8, 4) is 0 Å². The van der Waals surface area contributed by atoms with Gasteiger partial charge in [-0.1, -0.05) is 18.5 Å². The van der Waals surface area contributed by atoms with E-state index in [9.17, 15) is 0 Å². The lowest BCUT2D eigenvalue weighted by Gasteiger charge is -2.06. The molecule has 1 heterocycles. The molecule has 0 aliphatic carbocycles. The van der Waals surface area contributed by atoms with Crippen molar-refractivity contribution in [2.24, 2.45) is 13.0 Å². The van der Waals surface area contributed by atoms with E-state index in [0.29, 0.717) is 17.0 Å². The van der Waals surface area contributed by atoms with Gasteiger partial charge in [-0.3, -0.25) is 0 Å².